The fraction of sp³-hybridized carbons (Fsp3) is 0.350. The van der Waals surface area contributed by atoms with Crippen molar-refractivity contribution in [3.8, 4) is 0 Å². The second-order valence-electron chi connectivity index (χ2n) is 6.85. The fourth-order valence-corrected chi connectivity index (χ4v) is 3.82. The maximum atomic E-state index is 4.82. The molecule has 2 N–H and O–H groups in total. The first-order valence-electron chi connectivity index (χ1n) is 8.62. The van der Waals surface area contributed by atoms with Crippen molar-refractivity contribution in [3.63, 3.8) is 0 Å². The number of piperidine rings is 1. The van der Waals surface area contributed by atoms with Crippen molar-refractivity contribution in [2.45, 2.75) is 32.2 Å². The Morgan fingerprint density at radius 3 is 2.96 bits per heavy atom. The van der Waals surface area contributed by atoms with Crippen molar-refractivity contribution < 1.29 is 4.90 Å². The quantitative estimate of drug-likeness (QED) is 0.766. The molecule has 0 spiro atoms. The maximum absolute atomic E-state index is 4.82. The molecule has 1 saturated heterocycles. The Labute approximate surface area is 137 Å². The number of aromatic nitrogens is 2. The number of hydrogen-bond donors (Lipinski definition) is 2. The molecule has 3 aromatic rings. The van der Waals surface area contributed by atoms with E-state index in [4.69, 9.17) is 4.98 Å². The van der Waals surface area contributed by atoms with E-state index in [1.165, 1.54) is 42.9 Å². The summed E-state index contributed by atoms with van der Waals surface area (Å²) in [5, 5.41) is 0. The number of hydrogen-bond acceptors (Lipinski definition) is 1. The monoisotopic (exact) mass is 306 g/mol. The van der Waals surface area contributed by atoms with Crippen LogP contribution in [0.1, 0.15) is 35.7 Å². The molecule has 4 rings (SSSR count). The van der Waals surface area contributed by atoms with Crippen LogP contribution in [-0.4, -0.2) is 23.1 Å². The van der Waals surface area contributed by atoms with Crippen LogP contribution in [0.4, 0.5) is 0 Å². The lowest BCUT2D eigenvalue weighted by Gasteiger charge is -2.29. The number of aryl methyl sites for hydroxylation is 1. The van der Waals surface area contributed by atoms with Crippen molar-refractivity contribution in [2.24, 2.45) is 0 Å². The van der Waals surface area contributed by atoms with Crippen LogP contribution in [0.2, 0.25) is 0 Å². The van der Waals surface area contributed by atoms with E-state index in [1.807, 2.05) is 0 Å². The number of rotatable bonds is 3. The van der Waals surface area contributed by atoms with Crippen LogP contribution in [0.15, 0.2) is 48.5 Å². The van der Waals surface area contributed by atoms with Gasteiger partial charge in [0.2, 0.25) is 0 Å². The number of benzene rings is 2. The zero-order chi connectivity index (χ0) is 15.6. The van der Waals surface area contributed by atoms with E-state index in [0.29, 0.717) is 5.92 Å². The van der Waals surface area contributed by atoms with Gasteiger partial charge in [-0.05, 0) is 31.9 Å². The average molecular weight is 306 g/mol. The van der Waals surface area contributed by atoms with E-state index in [1.54, 1.807) is 4.90 Å². The van der Waals surface area contributed by atoms with Gasteiger partial charge in [0.05, 0.1) is 30.0 Å². The third-order valence-electron chi connectivity index (χ3n) is 4.95. The van der Waals surface area contributed by atoms with E-state index < -0.39 is 0 Å². The van der Waals surface area contributed by atoms with E-state index in [0.717, 1.165) is 17.6 Å². The SMILES string of the molecule is Cc1cccc(C[NH+]2CCC[C@@H](c3nc4ccccc4[nH]3)C2)c1. The zero-order valence-corrected chi connectivity index (χ0v) is 13.7. The van der Waals surface area contributed by atoms with Crippen LogP contribution in [0.3, 0.4) is 0 Å². The van der Waals surface area contributed by atoms with Crippen LogP contribution in [0.25, 0.3) is 11.0 Å². The Kier molecular flexibility index (Phi) is 3.88. The second kappa shape index (κ2) is 6.17. The molecule has 1 aliphatic rings. The number of aromatic amines is 1. The molecule has 2 heterocycles. The van der Waals surface area contributed by atoms with Gasteiger partial charge in [0.1, 0.15) is 12.4 Å². The summed E-state index contributed by atoms with van der Waals surface area (Å²) in [5.41, 5.74) is 5.06. The second-order valence-corrected chi connectivity index (χ2v) is 6.85. The average Bonchev–Trinajstić information content (AvgIpc) is 2.99. The van der Waals surface area contributed by atoms with Gasteiger partial charge in [0, 0.05) is 5.56 Å². The van der Waals surface area contributed by atoms with Gasteiger partial charge in [0.15, 0.2) is 0 Å². The first kappa shape index (κ1) is 14.5. The van der Waals surface area contributed by atoms with Crippen LogP contribution in [0.5, 0.6) is 0 Å². The molecule has 1 unspecified atom stereocenters. The molecule has 0 aliphatic carbocycles. The summed E-state index contributed by atoms with van der Waals surface area (Å²) in [6, 6.07) is 17.3. The van der Waals surface area contributed by atoms with E-state index in [2.05, 4.69) is 60.4 Å². The van der Waals surface area contributed by atoms with Gasteiger partial charge in [-0.15, -0.1) is 0 Å². The lowest BCUT2D eigenvalue weighted by atomic mass is 9.97. The first-order valence-corrected chi connectivity index (χ1v) is 8.62. The van der Waals surface area contributed by atoms with Gasteiger partial charge < -0.3 is 9.88 Å². The summed E-state index contributed by atoms with van der Waals surface area (Å²) in [6.45, 7) is 5.74. The highest BCUT2D eigenvalue weighted by Gasteiger charge is 2.26. The molecule has 0 saturated carbocycles. The molecule has 1 aliphatic heterocycles. The zero-order valence-electron chi connectivity index (χ0n) is 13.7. The third-order valence-corrected chi connectivity index (χ3v) is 4.95. The summed E-state index contributed by atoms with van der Waals surface area (Å²) < 4.78 is 0. The summed E-state index contributed by atoms with van der Waals surface area (Å²) in [5.74, 6) is 1.73. The van der Waals surface area contributed by atoms with Gasteiger partial charge in [-0.1, -0.05) is 42.0 Å². The molecule has 1 fully saturated rings. The van der Waals surface area contributed by atoms with Crippen LogP contribution in [0, 0.1) is 6.92 Å². The highest BCUT2D eigenvalue weighted by Crippen LogP contribution is 2.22. The largest absolute Gasteiger partial charge is 0.342 e. The summed E-state index contributed by atoms with van der Waals surface area (Å²) >= 11 is 0. The molecular formula is C20H24N3+. The Balaban J connectivity index is 1.50. The van der Waals surface area contributed by atoms with Crippen molar-refractivity contribution in [1.82, 2.24) is 9.97 Å². The minimum Gasteiger partial charge on any atom is -0.342 e. The maximum Gasteiger partial charge on any atom is 0.116 e. The summed E-state index contributed by atoms with van der Waals surface area (Å²) in [7, 11) is 0. The highest BCUT2D eigenvalue weighted by molar-refractivity contribution is 5.74. The van der Waals surface area contributed by atoms with Crippen LogP contribution in [-0.2, 0) is 6.54 Å². The third kappa shape index (κ3) is 3.15. The first-order chi connectivity index (χ1) is 11.3. The number of nitrogens with zero attached hydrogens (tertiary/aromatic N) is 1. The van der Waals surface area contributed by atoms with E-state index >= 15 is 0 Å². The number of quaternary nitrogens is 1. The lowest BCUT2D eigenvalue weighted by molar-refractivity contribution is -0.920. The van der Waals surface area contributed by atoms with Gasteiger partial charge >= 0.3 is 0 Å². The predicted octanol–water partition coefficient (Wildman–Crippen LogP) is 2.83. The van der Waals surface area contributed by atoms with Crippen molar-refractivity contribution in [1.29, 1.82) is 0 Å². The molecule has 118 valence electrons. The minimum atomic E-state index is 0.552. The molecule has 2 atom stereocenters. The van der Waals surface area contributed by atoms with Gasteiger partial charge in [0.25, 0.3) is 0 Å². The smallest absolute Gasteiger partial charge is 0.116 e. The van der Waals surface area contributed by atoms with Gasteiger partial charge in [-0.3, -0.25) is 0 Å². The molecular weight excluding hydrogens is 282 g/mol. The Morgan fingerprint density at radius 1 is 1.17 bits per heavy atom. The predicted molar refractivity (Wildman–Crippen MR) is 93.6 cm³/mol. The van der Waals surface area contributed by atoms with Crippen molar-refractivity contribution in [2.75, 3.05) is 13.1 Å². The van der Waals surface area contributed by atoms with E-state index in [9.17, 15) is 0 Å². The number of H-pyrrole nitrogens is 1. The Bertz CT molecular complexity index is 772. The molecule has 0 radical (unpaired) electrons. The van der Waals surface area contributed by atoms with Crippen molar-refractivity contribution in [3.05, 3.63) is 65.5 Å². The standard InChI is InChI=1S/C20H23N3/c1-15-6-4-7-16(12-15)13-23-11-5-8-17(14-23)20-21-18-9-2-3-10-19(18)22-20/h2-4,6-7,9-10,12,17H,5,8,11,13-14H2,1H3,(H,21,22)/p+1/t17-/m1/s1. The fourth-order valence-electron chi connectivity index (χ4n) is 3.82. The number of para-hydroxylation sites is 2. The number of fused-ring (bicyclic) bond motifs is 1. The number of nitrogens with one attached hydrogen (secondary N) is 2. The summed E-state index contributed by atoms with van der Waals surface area (Å²) in [6.07, 6.45) is 2.53. The Morgan fingerprint density at radius 2 is 2.09 bits per heavy atom. The molecule has 3 nitrogen and oxygen atoms in total. The molecule has 1 aromatic heterocycles. The van der Waals surface area contributed by atoms with E-state index in [-0.39, 0.29) is 0 Å². The normalized spacial score (nSPS) is 21.6. The molecule has 0 bridgehead atoms. The van der Waals surface area contributed by atoms with Crippen LogP contribution >= 0.6 is 0 Å². The van der Waals surface area contributed by atoms with Crippen molar-refractivity contribution >= 4 is 11.0 Å². The number of likely N-dealkylation sites (tertiary alicyclic amines) is 1. The minimum absolute atomic E-state index is 0.552. The topological polar surface area (TPSA) is 33.1 Å². The lowest BCUT2D eigenvalue weighted by Crippen LogP contribution is -3.12. The molecule has 23 heavy (non-hydrogen) atoms. The molecule has 0 amide bonds. The molecule has 3 heteroatoms. The number of imidazole rings is 1. The van der Waals surface area contributed by atoms with Crippen LogP contribution < -0.4 is 4.90 Å². The van der Waals surface area contributed by atoms with Gasteiger partial charge in [-0.25, -0.2) is 4.98 Å². The summed E-state index contributed by atoms with van der Waals surface area (Å²) in [4.78, 5) is 10.0. The highest BCUT2D eigenvalue weighted by atomic mass is 15.1. The Hall–Kier alpha value is -2.13. The van der Waals surface area contributed by atoms with Gasteiger partial charge in [-0.2, -0.15) is 0 Å². The molecule has 2 aromatic carbocycles.